The van der Waals surface area contributed by atoms with Crippen LogP contribution in [0.3, 0.4) is 0 Å². The van der Waals surface area contributed by atoms with Gasteiger partial charge in [0.1, 0.15) is 25.0 Å². The van der Waals surface area contributed by atoms with Gasteiger partial charge in [-0.2, -0.15) is 5.10 Å². The van der Waals surface area contributed by atoms with E-state index in [2.05, 4.69) is 77.5 Å². The second-order valence-electron chi connectivity index (χ2n) is 9.88. The molecule has 0 fully saturated rings. The van der Waals surface area contributed by atoms with Crippen molar-refractivity contribution in [3.05, 3.63) is 77.9 Å². The zero-order valence-corrected chi connectivity index (χ0v) is 21.7. The van der Waals surface area contributed by atoms with Crippen molar-refractivity contribution in [1.82, 2.24) is 24.6 Å². The smallest absolute Gasteiger partial charge is 0.222 e. The molecule has 1 unspecified atom stereocenters. The van der Waals surface area contributed by atoms with Gasteiger partial charge in [-0.3, -0.25) is 9.48 Å². The maximum absolute atomic E-state index is 13.2. The zero-order chi connectivity index (χ0) is 25.2. The number of fused-ring (bicyclic) bond motifs is 1. The third kappa shape index (κ3) is 7.65. The molecular formula is C29H39N5O2. The summed E-state index contributed by atoms with van der Waals surface area (Å²) in [6, 6.07) is 17.2. The number of amides is 1. The normalized spacial score (nSPS) is 18.2. The van der Waals surface area contributed by atoms with Crippen molar-refractivity contribution in [2.45, 2.75) is 58.0 Å². The Bertz CT molecular complexity index is 1070. The molecule has 1 atom stereocenters. The number of nitrogens with zero attached hydrogens (tertiary/aromatic N) is 5. The Morgan fingerprint density at radius 1 is 1.08 bits per heavy atom. The maximum Gasteiger partial charge on any atom is 0.222 e. The first-order valence-electron chi connectivity index (χ1n) is 13.1. The summed E-state index contributed by atoms with van der Waals surface area (Å²) in [6.07, 6.45) is 7.61. The van der Waals surface area contributed by atoms with Crippen LogP contribution in [0.1, 0.15) is 54.7 Å². The molecular weight excluding hydrogens is 450 g/mol. The van der Waals surface area contributed by atoms with E-state index in [0.29, 0.717) is 32.0 Å². The van der Waals surface area contributed by atoms with E-state index in [4.69, 9.17) is 4.74 Å². The number of carbonyl (C=O) groups is 1. The number of rotatable bonds is 5. The van der Waals surface area contributed by atoms with Crippen LogP contribution in [0, 0.1) is 6.92 Å². The summed E-state index contributed by atoms with van der Waals surface area (Å²) in [4.78, 5) is 21.5. The van der Waals surface area contributed by atoms with Crippen molar-refractivity contribution < 1.29 is 9.53 Å². The average Bonchev–Trinajstić information content (AvgIpc) is 3.40. The Kier molecular flexibility index (Phi) is 9.50. The number of hydrogen-bond donors (Lipinski definition) is 0. The largest absolute Gasteiger partial charge is 0.491 e. The van der Waals surface area contributed by atoms with E-state index < -0.39 is 0 Å². The van der Waals surface area contributed by atoms with Crippen LogP contribution >= 0.6 is 0 Å². The molecule has 3 aromatic rings. The first-order valence-corrected chi connectivity index (χ1v) is 13.1. The molecule has 1 aromatic heterocycles. The summed E-state index contributed by atoms with van der Waals surface area (Å²) >= 11 is 0. The van der Waals surface area contributed by atoms with Crippen molar-refractivity contribution in [3.63, 3.8) is 0 Å². The molecule has 7 nitrogen and oxygen atoms in total. The van der Waals surface area contributed by atoms with Gasteiger partial charge in [-0.15, -0.1) is 0 Å². The van der Waals surface area contributed by atoms with Gasteiger partial charge in [0.2, 0.25) is 5.91 Å². The lowest BCUT2D eigenvalue weighted by molar-refractivity contribution is -0.131. The Balaban J connectivity index is 1.47. The Morgan fingerprint density at radius 2 is 1.94 bits per heavy atom. The highest BCUT2D eigenvalue weighted by molar-refractivity contribution is 5.76. The van der Waals surface area contributed by atoms with E-state index in [0.717, 1.165) is 51.1 Å². The molecule has 36 heavy (non-hydrogen) atoms. The van der Waals surface area contributed by atoms with E-state index in [1.807, 2.05) is 4.90 Å². The topological polar surface area (TPSA) is 63.5 Å². The van der Waals surface area contributed by atoms with E-state index in [9.17, 15) is 4.79 Å². The van der Waals surface area contributed by atoms with Crippen LogP contribution in [0.4, 0.5) is 0 Å². The highest BCUT2D eigenvalue weighted by Gasteiger charge is 2.18. The third-order valence-corrected chi connectivity index (χ3v) is 6.98. The van der Waals surface area contributed by atoms with Gasteiger partial charge in [0.15, 0.2) is 0 Å². The Morgan fingerprint density at radius 3 is 2.75 bits per heavy atom. The number of carbonyl (C=O) groups excluding carboxylic acids is 1. The monoisotopic (exact) mass is 489 g/mol. The summed E-state index contributed by atoms with van der Waals surface area (Å²) in [5.41, 5.74) is 3.83. The number of aryl methyl sites for hydroxylation is 2. The molecule has 0 bridgehead atoms. The second-order valence-corrected chi connectivity index (χ2v) is 9.88. The van der Waals surface area contributed by atoms with Gasteiger partial charge >= 0.3 is 0 Å². The number of aromatic nitrogens is 3. The molecule has 0 N–H and O–H groups in total. The van der Waals surface area contributed by atoms with Crippen LogP contribution in [0.2, 0.25) is 0 Å². The fourth-order valence-electron chi connectivity index (χ4n) is 4.98. The molecule has 4 rings (SSSR count). The lowest BCUT2D eigenvalue weighted by Gasteiger charge is -2.27. The maximum atomic E-state index is 13.2. The second kappa shape index (κ2) is 13.2. The quantitative estimate of drug-likeness (QED) is 0.521. The summed E-state index contributed by atoms with van der Waals surface area (Å²) < 4.78 is 8.00. The standard InChI is InChI=1S/C29H39N5O2/c1-24-12-13-28-27(20-24)21-32(2)17-14-26(25-8-4-3-5-9-25)10-6-15-33(18-19-36-28)29(35)11-7-16-34-23-30-22-31-34/h3-5,8-9,12-13,20,22-23,26H,6-7,10-11,14-19,21H2,1-2H3. The van der Waals surface area contributed by atoms with Crippen LogP contribution < -0.4 is 4.74 Å². The minimum Gasteiger partial charge on any atom is -0.491 e. The summed E-state index contributed by atoms with van der Waals surface area (Å²) in [5, 5.41) is 4.14. The first-order chi connectivity index (χ1) is 17.6. The van der Waals surface area contributed by atoms with Crippen LogP contribution in [0.15, 0.2) is 61.2 Å². The minimum atomic E-state index is 0.186. The van der Waals surface area contributed by atoms with Crippen molar-refractivity contribution in [2.75, 3.05) is 33.3 Å². The molecule has 192 valence electrons. The fourth-order valence-corrected chi connectivity index (χ4v) is 4.98. The van der Waals surface area contributed by atoms with Crippen molar-refractivity contribution in [2.24, 2.45) is 0 Å². The van der Waals surface area contributed by atoms with E-state index >= 15 is 0 Å². The molecule has 0 spiro atoms. The van der Waals surface area contributed by atoms with Crippen LogP contribution in [-0.2, 0) is 17.9 Å². The average molecular weight is 490 g/mol. The van der Waals surface area contributed by atoms with Crippen molar-refractivity contribution >= 4 is 5.91 Å². The molecule has 0 radical (unpaired) electrons. The highest BCUT2D eigenvalue weighted by Crippen LogP contribution is 2.27. The van der Waals surface area contributed by atoms with Crippen molar-refractivity contribution in [3.8, 4) is 5.75 Å². The summed E-state index contributed by atoms with van der Waals surface area (Å²) in [5.74, 6) is 1.59. The SMILES string of the molecule is Cc1ccc2c(c1)CN(C)CCC(c1ccccc1)CCCN(C(=O)CCCn1cncn1)CCO2. The predicted octanol–water partition coefficient (Wildman–Crippen LogP) is 4.67. The van der Waals surface area contributed by atoms with Gasteiger partial charge in [0, 0.05) is 31.6 Å². The molecule has 2 heterocycles. The number of ether oxygens (including phenoxy) is 1. The summed E-state index contributed by atoms with van der Waals surface area (Å²) in [7, 11) is 2.19. The van der Waals surface area contributed by atoms with Gasteiger partial charge in [0.25, 0.3) is 0 Å². The van der Waals surface area contributed by atoms with E-state index in [-0.39, 0.29) is 5.91 Å². The highest BCUT2D eigenvalue weighted by atomic mass is 16.5. The Labute approximate surface area is 215 Å². The predicted molar refractivity (Wildman–Crippen MR) is 142 cm³/mol. The molecule has 0 aliphatic carbocycles. The zero-order valence-electron chi connectivity index (χ0n) is 21.7. The number of hydrogen-bond acceptors (Lipinski definition) is 5. The fraction of sp³-hybridized carbons (Fsp3) is 0.483. The molecule has 0 saturated heterocycles. The molecule has 1 aliphatic heterocycles. The van der Waals surface area contributed by atoms with Gasteiger partial charge in [-0.1, -0.05) is 48.0 Å². The molecule has 0 saturated carbocycles. The van der Waals surface area contributed by atoms with Crippen LogP contribution in [-0.4, -0.2) is 63.8 Å². The Hall–Kier alpha value is -3.19. The summed E-state index contributed by atoms with van der Waals surface area (Å²) in [6.45, 7) is 6.54. The van der Waals surface area contributed by atoms with Gasteiger partial charge in [-0.25, -0.2) is 4.98 Å². The number of benzene rings is 2. The van der Waals surface area contributed by atoms with Gasteiger partial charge in [0.05, 0.1) is 6.54 Å². The van der Waals surface area contributed by atoms with Crippen LogP contribution in [0.25, 0.3) is 0 Å². The lowest BCUT2D eigenvalue weighted by atomic mass is 9.91. The molecule has 1 aliphatic rings. The minimum absolute atomic E-state index is 0.186. The lowest BCUT2D eigenvalue weighted by Crippen LogP contribution is -2.36. The van der Waals surface area contributed by atoms with Crippen LogP contribution in [0.5, 0.6) is 5.75 Å². The van der Waals surface area contributed by atoms with E-state index in [1.54, 1.807) is 11.0 Å². The van der Waals surface area contributed by atoms with Crippen molar-refractivity contribution in [1.29, 1.82) is 0 Å². The van der Waals surface area contributed by atoms with E-state index in [1.165, 1.54) is 23.0 Å². The first kappa shape index (κ1) is 25.9. The van der Waals surface area contributed by atoms with Gasteiger partial charge < -0.3 is 14.5 Å². The van der Waals surface area contributed by atoms with Gasteiger partial charge in [-0.05, 0) is 63.7 Å². The molecule has 7 heteroatoms. The molecule has 1 amide bonds. The third-order valence-electron chi connectivity index (χ3n) is 6.98. The molecule has 2 aromatic carbocycles.